The van der Waals surface area contributed by atoms with Gasteiger partial charge in [-0.2, -0.15) is 0 Å². The number of amides is 1. The summed E-state index contributed by atoms with van der Waals surface area (Å²) in [6.45, 7) is 7.73. The first-order valence-corrected chi connectivity index (χ1v) is 6.79. The van der Waals surface area contributed by atoms with Crippen LogP contribution in [0.4, 0.5) is 0 Å². The monoisotopic (exact) mass is 259 g/mol. The molecule has 3 heteroatoms. The van der Waals surface area contributed by atoms with E-state index >= 15 is 0 Å². The predicted octanol–water partition coefficient (Wildman–Crippen LogP) is 2.80. The summed E-state index contributed by atoms with van der Waals surface area (Å²) in [7, 11) is 0. The largest absolute Gasteiger partial charge is 0.372 e. The number of likely N-dealkylation sites (tertiary alicyclic amines) is 1. The van der Waals surface area contributed by atoms with E-state index in [0.717, 1.165) is 24.9 Å². The molecule has 1 fully saturated rings. The smallest absolute Gasteiger partial charge is 0.253 e. The topological polar surface area (TPSA) is 29.5 Å². The van der Waals surface area contributed by atoms with Crippen LogP contribution in [0.2, 0.25) is 0 Å². The highest BCUT2D eigenvalue weighted by Gasteiger charge is 2.24. The summed E-state index contributed by atoms with van der Waals surface area (Å²) in [6, 6.07) is 7.74. The predicted molar refractivity (Wildman–Crippen MR) is 76.3 cm³/mol. The Hall–Kier alpha value is -1.61. The number of piperidine rings is 1. The first kappa shape index (κ1) is 13.8. The fourth-order valence-electron chi connectivity index (χ4n) is 2.34. The molecular weight excluding hydrogens is 238 g/mol. The van der Waals surface area contributed by atoms with E-state index < -0.39 is 0 Å². The van der Waals surface area contributed by atoms with Gasteiger partial charge < -0.3 is 9.64 Å². The van der Waals surface area contributed by atoms with Crippen molar-refractivity contribution in [3.8, 4) is 0 Å². The first-order valence-electron chi connectivity index (χ1n) is 6.79. The van der Waals surface area contributed by atoms with Gasteiger partial charge in [0.25, 0.3) is 5.91 Å². The molecule has 19 heavy (non-hydrogen) atoms. The second kappa shape index (κ2) is 6.53. The van der Waals surface area contributed by atoms with Crippen LogP contribution in [0, 0.1) is 6.92 Å². The summed E-state index contributed by atoms with van der Waals surface area (Å²) in [4.78, 5) is 14.3. The Morgan fingerprint density at radius 3 is 2.89 bits per heavy atom. The van der Waals surface area contributed by atoms with Crippen LogP contribution in [0.5, 0.6) is 0 Å². The zero-order valence-corrected chi connectivity index (χ0v) is 11.5. The Kier molecular flexibility index (Phi) is 4.74. The summed E-state index contributed by atoms with van der Waals surface area (Å²) in [5, 5.41) is 0. The molecule has 0 radical (unpaired) electrons. The number of rotatable bonds is 4. The Labute approximate surface area is 114 Å². The fraction of sp³-hybridized carbons (Fsp3) is 0.438. The Morgan fingerprint density at radius 1 is 1.47 bits per heavy atom. The molecule has 0 aliphatic carbocycles. The summed E-state index contributed by atoms with van der Waals surface area (Å²) in [5.41, 5.74) is 1.93. The highest BCUT2D eigenvalue weighted by atomic mass is 16.5. The first-order chi connectivity index (χ1) is 9.20. The number of carbonyl (C=O) groups is 1. The van der Waals surface area contributed by atoms with Crippen molar-refractivity contribution >= 4 is 5.91 Å². The quantitative estimate of drug-likeness (QED) is 0.778. The van der Waals surface area contributed by atoms with Crippen molar-refractivity contribution in [2.24, 2.45) is 0 Å². The van der Waals surface area contributed by atoms with E-state index in [1.807, 2.05) is 36.1 Å². The maximum absolute atomic E-state index is 12.4. The maximum Gasteiger partial charge on any atom is 0.253 e. The van der Waals surface area contributed by atoms with Crippen molar-refractivity contribution in [3.05, 3.63) is 48.0 Å². The van der Waals surface area contributed by atoms with Gasteiger partial charge in [0.05, 0.1) is 12.7 Å². The van der Waals surface area contributed by atoms with E-state index in [0.29, 0.717) is 13.2 Å². The minimum Gasteiger partial charge on any atom is -0.372 e. The van der Waals surface area contributed by atoms with Crippen LogP contribution in [-0.2, 0) is 4.74 Å². The van der Waals surface area contributed by atoms with E-state index in [1.165, 1.54) is 5.56 Å². The molecule has 1 aromatic rings. The SMILES string of the molecule is C=CCOC1CCCN(C(=O)c2ccc(C)cc2)C1. The van der Waals surface area contributed by atoms with Crippen LogP contribution in [0.25, 0.3) is 0 Å². The van der Waals surface area contributed by atoms with Gasteiger partial charge in [0, 0.05) is 18.7 Å². The van der Waals surface area contributed by atoms with E-state index in [9.17, 15) is 4.79 Å². The lowest BCUT2D eigenvalue weighted by molar-refractivity contribution is 0.0134. The van der Waals surface area contributed by atoms with Crippen LogP contribution in [-0.4, -0.2) is 36.6 Å². The van der Waals surface area contributed by atoms with Gasteiger partial charge in [0.2, 0.25) is 0 Å². The van der Waals surface area contributed by atoms with Crippen molar-refractivity contribution in [2.45, 2.75) is 25.9 Å². The summed E-state index contributed by atoms with van der Waals surface area (Å²) >= 11 is 0. The molecule has 1 aliphatic heterocycles. The Bertz CT molecular complexity index is 439. The number of ether oxygens (including phenoxy) is 1. The third-order valence-electron chi connectivity index (χ3n) is 3.41. The fourth-order valence-corrected chi connectivity index (χ4v) is 2.34. The number of benzene rings is 1. The highest BCUT2D eigenvalue weighted by Crippen LogP contribution is 2.16. The van der Waals surface area contributed by atoms with E-state index in [1.54, 1.807) is 6.08 Å². The number of carbonyl (C=O) groups excluding carboxylic acids is 1. The highest BCUT2D eigenvalue weighted by molar-refractivity contribution is 5.94. The molecule has 1 unspecified atom stereocenters. The number of hydrogen-bond donors (Lipinski definition) is 0. The summed E-state index contributed by atoms with van der Waals surface area (Å²) in [5.74, 6) is 0.104. The molecule has 1 atom stereocenters. The molecule has 2 rings (SSSR count). The average molecular weight is 259 g/mol. The molecule has 1 heterocycles. The van der Waals surface area contributed by atoms with Gasteiger partial charge in [0.15, 0.2) is 0 Å². The van der Waals surface area contributed by atoms with Crippen LogP contribution in [0.1, 0.15) is 28.8 Å². The van der Waals surface area contributed by atoms with Gasteiger partial charge in [-0.15, -0.1) is 6.58 Å². The van der Waals surface area contributed by atoms with Gasteiger partial charge in [-0.05, 0) is 31.9 Å². The second-order valence-corrected chi connectivity index (χ2v) is 5.00. The minimum atomic E-state index is 0.104. The van der Waals surface area contributed by atoms with Crippen LogP contribution in [0.15, 0.2) is 36.9 Å². The van der Waals surface area contributed by atoms with Gasteiger partial charge in [0.1, 0.15) is 0 Å². The standard InChI is InChI=1S/C16H21NO2/c1-3-11-19-15-5-4-10-17(12-15)16(18)14-8-6-13(2)7-9-14/h3,6-9,15H,1,4-5,10-12H2,2H3. The van der Waals surface area contributed by atoms with Crippen molar-refractivity contribution in [1.29, 1.82) is 0 Å². The summed E-state index contributed by atoms with van der Waals surface area (Å²) in [6.07, 6.45) is 3.91. The van der Waals surface area contributed by atoms with Crippen LogP contribution >= 0.6 is 0 Å². The number of hydrogen-bond acceptors (Lipinski definition) is 2. The van der Waals surface area contributed by atoms with E-state index in [4.69, 9.17) is 4.74 Å². The normalized spacial score (nSPS) is 19.2. The van der Waals surface area contributed by atoms with E-state index in [-0.39, 0.29) is 12.0 Å². The molecule has 102 valence electrons. The number of nitrogens with zero attached hydrogens (tertiary/aromatic N) is 1. The van der Waals surface area contributed by atoms with Crippen molar-refractivity contribution < 1.29 is 9.53 Å². The number of aryl methyl sites for hydroxylation is 1. The van der Waals surface area contributed by atoms with Crippen molar-refractivity contribution in [1.82, 2.24) is 4.90 Å². The summed E-state index contributed by atoms with van der Waals surface area (Å²) < 4.78 is 5.66. The molecular formula is C16H21NO2. The van der Waals surface area contributed by atoms with Crippen LogP contribution in [0.3, 0.4) is 0 Å². The van der Waals surface area contributed by atoms with Gasteiger partial charge >= 0.3 is 0 Å². The molecule has 1 aliphatic rings. The lowest BCUT2D eigenvalue weighted by Crippen LogP contribution is -2.43. The van der Waals surface area contributed by atoms with Crippen LogP contribution < -0.4 is 0 Å². The van der Waals surface area contributed by atoms with Gasteiger partial charge in [-0.25, -0.2) is 0 Å². The second-order valence-electron chi connectivity index (χ2n) is 5.00. The van der Waals surface area contributed by atoms with Crippen molar-refractivity contribution in [3.63, 3.8) is 0 Å². The maximum atomic E-state index is 12.4. The zero-order chi connectivity index (χ0) is 13.7. The third-order valence-corrected chi connectivity index (χ3v) is 3.41. The average Bonchev–Trinajstić information content (AvgIpc) is 2.45. The third kappa shape index (κ3) is 3.67. The lowest BCUT2D eigenvalue weighted by atomic mass is 10.1. The molecule has 0 bridgehead atoms. The Balaban J connectivity index is 1.98. The van der Waals surface area contributed by atoms with Crippen molar-refractivity contribution in [2.75, 3.05) is 19.7 Å². The molecule has 0 saturated carbocycles. The van der Waals surface area contributed by atoms with Gasteiger partial charge in [-0.1, -0.05) is 23.8 Å². The lowest BCUT2D eigenvalue weighted by Gasteiger charge is -2.32. The minimum absolute atomic E-state index is 0.104. The molecule has 3 nitrogen and oxygen atoms in total. The van der Waals surface area contributed by atoms with E-state index in [2.05, 4.69) is 6.58 Å². The zero-order valence-electron chi connectivity index (χ0n) is 11.5. The molecule has 0 N–H and O–H groups in total. The molecule has 1 aromatic carbocycles. The molecule has 0 aromatic heterocycles. The Morgan fingerprint density at radius 2 is 2.21 bits per heavy atom. The molecule has 0 spiro atoms. The molecule has 1 amide bonds. The van der Waals surface area contributed by atoms with Gasteiger partial charge in [-0.3, -0.25) is 4.79 Å². The molecule has 1 saturated heterocycles.